The van der Waals surface area contributed by atoms with Gasteiger partial charge in [-0.25, -0.2) is 0 Å². The second-order valence-electron chi connectivity index (χ2n) is 5.11. The van der Waals surface area contributed by atoms with Crippen molar-refractivity contribution in [2.75, 3.05) is 13.1 Å². The molecule has 0 atom stereocenters. The number of carbonyl (C=O) groups excluding carboxylic acids is 2. The normalized spacial score (nSPS) is 10.5. The average molecular weight is 350 g/mol. The standard InChI is InChI=1S/C18H17Cl2NO2/c19-15-5-1-13(2-6-15)17(22)9-11-21-12-10-18(23)14-3-7-16(20)8-4-14/h1-8,21H,9-12H2. The van der Waals surface area contributed by atoms with Gasteiger partial charge in [0.15, 0.2) is 11.6 Å². The molecular weight excluding hydrogens is 333 g/mol. The summed E-state index contributed by atoms with van der Waals surface area (Å²) in [5.41, 5.74) is 1.29. The lowest BCUT2D eigenvalue weighted by Gasteiger charge is -2.05. The summed E-state index contributed by atoms with van der Waals surface area (Å²) in [4.78, 5) is 23.9. The molecule has 0 aromatic heterocycles. The fourth-order valence-electron chi connectivity index (χ4n) is 2.09. The number of halogens is 2. The number of carbonyl (C=O) groups is 2. The van der Waals surface area contributed by atoms with Gasteiger partial charge in [0.05, 0.1) is 0 Å². The number of benzene rings is 2. The molecule has 0 spiro atoms. The van der Waals surface area contributed by atoms with Gasteiger partial charge in [0, 0.05) is 47.1 Å². The monoisotopic (exact) mass is 349 g/mol. The van der Waals surface area contributed by atoms with Crippen molar-refractivity contribution < 1.29 is 9.59 Å². The zero-order valence-corrected chi connectivity index (χ0v) is 14.0. The molecule has 0 bridgehead atoms. The quantitative estimate of drug-likeness (QED) is 0.566. The van der Waals surface area contributed by atoms with E-state index in [1.165, 1.54) is 0 Å². The van der Waals surface area contributed by atoms with Crippen LogP contribution in [0.3, 0.4) is 0 Å². The fourth-order valence-corrected chi connectivity index (χ4v) is 2.34. The maximum Gasteiger partial charge on any atom is 0.164 e. The number of rotatable bonds is 8. The Bertz CT molecular complexity index is 607. The first-order valence-corrected chi connectivity index (χ1v) is 8.10. The van der Waals surface area contributed by atoms with Crippen LogP contribution < -0.4 is 5.32 Å². The van der Waals surface area contributed by atoms with Crippen molar-refractivity contribution in [2.24, 2.45) is 0 Å². The summed E-state index contributed by atoms with van der Waals surface area (Å²) in [6, 6.07) is 13.7. The van der Waals surface area contributed by atoms with E-state index in [0.29, 0.717) is 47.1 Å². The topological polar surface area (TPSA) is 46.2 Å². The van der Waals surface area contributed by atoms with Crippen LogP contribution in [0.2, 0.25) is 10.0 Å². The van der Waals surface area contributed by atoms with Crippen LogP contribution in [-0.2, 0) is 0 Å². The van der Waals surface area contributed by atoms with Gasteiger partial charge in [-0.1, -0.05) is 23.2 Å². The molecule has 0 saturated heterocycles. The third-order valence-electron chi connectivity index (χ3n) is 3.39. The van der Waals surface area contributed by atoms with Crippen molar-refractivity contribution in [3.8, 4) is 0 Å². The Morgan fingerprint density at radius 3 is 1.39 bits per heavy atom. The lowest BCUT2D eigenvalue weighted by atomic mass is 10.1. The molecule has 0 radical (unpaired) electrons. The van der Waals surface area contributed by atoms with Gasteiger partial charge in [-0.2, -0.15) is 0 Å². The van der Waals surface area contributed by atoms with E-state index in [2.05, 4.69) is 5.32 Å². The van der Waals surface area contributed by atoms with E-state index in [0.717, 1.165) is 0 Å². The van der Waals surface area contributed by atoms with Crippen LogP contribution in [0, 0.1) is 0 Å². The molecule has 1 N–H and O–H groups in total. The van der Waals surface area contributed by atoms with Crippen molar-refractivity contribution in [1.29, 1.82) is 0 Å². The highest BCUT2D eigenvalue weighted by molar-refractivity contribution is 6.31. The number of hydrogen-bond acceptors (Lipinski definition) is 3. The summed E-state index contributed by atoms with van der Waals surface area (Å²) in [5.74, 6) is 0.108. The molecule has 0 saturated carbocycles. The second kappa shape index (κ2) is 8.82. The summed E-state index contributed by atoms with van der Waals surface area (Å²) in [6.07, 6.45) is 0.771. The first kappa shape index (κ1) is 17.7. The smallest absolute Gasteiger partial charge is 0.164 e. The van der Waals surface area contributed by atoms with Crippen LogP contribution >= 0.6 is 23.2 Å². The van der Waals surface area contributed by atoms with Gasteiger partial charge < -0.3 is 5.32 Å². The van der Waals surface area contributed by atoms with Crippen LogP contribution in [0.4, 0.5) is 0 Å². The number of nitrogens with one attached hydrogen (secondary N) is 1. The lowest BCUT2D eigenvalue weighted by molar-refractivity contribution is 0.0982. The van der Waals surface area contributed by atoms with Gasteiger partial charge >= 0.3 is 0 Å². The zero-order chi connectivity index (χ0) is 16.7. The molecule has 2 aromatic carbocycles. The molecule has 2 aromatic rings. The van der Waals surface area contributed by atoms with E-state index in [1.54, 1.807) is 48.5 Å². The third kappa shape index (κ3) is 5.79. The number of ketones is 2. The number of hydrogen-bond donors (Lipinski definition) is 1. The number of Topliss-reactive ketones (excluding diaryl/α,β-unsaturated/α-hetero) is 2. The SMILES string of the molecule is O=C(CCNCCC(=O)c1ccc(Cl)cc1)c1ccc(Cl)cc1. The molecule has 0 amide bonds. The molecule has 0 aliphatic rings. The first-order chi connectivity index (χ1) is 11.1. The predicted octanol–water partition coefficient (Wildman–Crippen LogP) is 4.43. The summed E-state index contributed by atoms with van der Waals surface area (Å²) in [5, 5.41) is 4.34. The van der Waals surface area contributed by atoms with E-state index in [9.17, 15) is 9.59 Å². The Kier molecular flexibility index (Phi) is 6.78. The van der Waals surface area contributed by atoms with Crippen LogP contribution in [0.15, 0.2) is 48.5 Å². The van der Waals surface area contributed by atoms with E-state index >= 15 is 0 Å². The molecule has 23 heavy (non-hydrogen) atoms. The molecule has 2 rings (SSSR count). The van der Waals surface area contributed by atoms with Crippen LogP contribution in [0.5, 0.6) is 0 Å². The maximum atomic E-state index is 11.9. The highest BCUT2D eigenvalue weighted by Crippen LogP contribution is 2.12. The van der Waals surface area contributed by atoms with E-state index < -0.39 is 0 Å². The molecule has 0 unspecified atom stereocenters. The molecule has 0 aliphatic heterocycles. The Labute approximate surface area is 145 Å². The lowest BCUT2D eigenvalue weighted by Crippen LogP contribution is -2.21. The summed E-state index contributed by atoms with van der Waals surface area (Å²) in [7, 11) is 0. The van der Waals surface area contributed by atoms with Gasteiger partial charge in [0.1, 0.15) is 0 Å². The summed E-state index contributed by atoms with van der Waals surface area (Å²) < 4.78 is 0. The molecule has 5 heteroatoms. The van der Waals surface area contributed by atoms with Gasteiger partial charge in [-0.05, 0) is 48.5 Å². The van der Waals surface area contributed by atoms with Crippen LogP contribution in [0.1, 0.15) is 33.6 Å². The Morgan fingerprint density at radius 2 is 1.04 bits per heavy atom. The van der Waals surface area contributed by atoms with Gasteiger partial charge in [0.2, 0.25) is 0 Å². The molecule has 3 nitrogen and oxygen atoms in total. The summed E-state index contributed by atoms with van der Waals surface area (Å²) >= 11 is 11.6. The Morgan fingerprint density at radius 1 is 0.696 bits per heavy atom. The molecule has 120 valence electrons. The van der Waals surface area contributed by atoms with Crippen molar-refractivity contribution in [3.05, 3.63) is 69.7 Å². The fraction of sp³-hybridized carbons (Fsp3) is 0.222. The van der Waals surface area contributed by atoms with Crippen molar-refractivity contribution in [1.82, 2.24) is 5.32 Å². The van der Waals surface area contributed by atoms with E-state index in [4.69, 9.17) is 23.2 Å². The van der Waals surface area contributed by atoms with Crippen molar-refractivity contribution in [3.63, 3.8) is 0 Å². The largest absolute Gasteiger partial charge is 0.316 e. The zero-order valence-electron chi connectivity index (χ0n) is 12.5. The molecular formula is C18H17Cl2NO2. The molecule has 0 fully saturated rings. The first-order valence-electron chi connectivity index (χ1n) is 7.34. The minimum Gasteiger partial charge on any atom is -0.316 e. The van der Waals surface area contributed by atoms with E-state index in [1.807, 2.05) is 0 Å². The van der Waals surface area contributed by atoms with Crippen LogP contribution in [0.25, 0.3) is 0 Å². The van der Waals surface area contributed by atoms with Crippen molar-refractivity contribution in [2.45, 2.75) is 12.8 Å². The van der Waals surface area contributed by atoms with E-state index in [-0.39, 0.29) is 11.6 Å². The summed E-state index contributed by atoms with van der Waals surface area (Å²) in [6.45, 7) is 1.07. The maximum absolute atomic E-state index is 11.9. The highest BCUT2D eigenvalue weighted by Gasteiger charge is 2.07. The minimum absolute atomic E-state index is 0.0539. The molecule has 0 heterocycles. The predicted molar refractivity (Wildman–Crippen MR) is 93.7 cm³/mol. The second-order valence-corrected chi connectivity index (χ2v) is 5.98. The Hall–Kier alpha value is -1.68. The van der Waals surface area contributed by atoms with Gasteiger partial charge in [-0.15, -0.1) is 0 Å². The Balaban J connectivity index is 1.67. The van der Waals surface area contributed by atoms with Gasteiger partial charge in [0.25, 0.3) is 0 Å². The van der Waals surface area contributed by atoms with Crippen LogP contribution in [-0.4, -0.2) is 24.7 Å². The van der Waals surface area contributed by atoms with Gasteiger partial charge in [-0.3, -0.25) is 9.59 Å². The molecule has 0 aliphatic carbocycles. The minimum atomic E-state index is 0.0539. The highest BCUT2D eigenvalue weighted by atomic mass is 35.5. The average Bonchev–Trinajstić information content (AvgIpc) is 2.55. The van der Waals surface area contributed by atoms with Crippen molar-refractivity contribution >= 4 is 34.8 Å². The third-order valence-corrected chi connectivity index (χ3v) is 3.89.